The van der Waals surface area contributed by atoms with Crippen molar-refractivity contribution in [1.82, 2.24) is 10.2 Å². The molecule has 3 rings (SSSR count). The Hall–Kier alpha value is -1.93. The lowest BCUT2D eigenvalue weighted by Gasteiger charge is -2.32. The fourth-order valence-corrected chi connectivity index (χ4v) is 4.62. The fraction of sp³-hybridized carbons (Fsp3) is 0.500. The third-order valence-corrected chi connectivity index (χ3v) is 5.94. The van der Waals surface area contributed by atoms with Crippen molar-refractivity contribution in [2.75, 3.05) is 26.2 Å². The zero-order valence-electron chi connectivity index (χ0n) is 14.8. The molecule has 1 aromatic carbocycles. The highest BCUT2D eigenvalue weighted by molar-refractivity contribution is 7.98. The zero-order valence-corrected chi connectivity index (χ0v) is 15.6. The Kier molecular flexibility index (Phi) is 5.07. The Morgan fingerprint density at radius 2 is 2.12 bits per heavy atom. The molecule has 0 unspecified atom stereocenters. The van der Waals surface area contributed by atoms with Crippen LogP contribution in [-0.4, -0.2) is 54.4 Å². The van der Waals surface area contributed by atoms with Crippen LogP contribution in [0, 0.1) is 17.7 Å². The van der Waals surface area contributed by atoms with Crippen LogP contribution in [0.2, 0.25) is 0 Å². The van der Waals surface area contributed by atoms with Crippen LogP contribution in [0.4, 0.5) is 4.39 Å². The van der Waals surface area contributed by atoms with E-state index in [9.17, 15) is 18.8 Å². The summed E-state index contributed by atoms with van der Waals surface area (Å²) in [5.41, 5.74) is -0.775. The third kappa shape index (κ3) is 2.72. The highest BCUT2D eigenvalue weighted by atomic mass is 32.2. The van der Waals surface area contributed by atoms with E-state index in [1.807, 2.05) is 6.26 Å². The lowest BCUT2D eigenvalue weighted by Crippen LogP contribution is -2.56. The lowest BCUT2D eigenvalue weighted by molar-refractivity contribution is -0.154. The van der Waals surface area contributed by atoms with E-state index in [4.69, 9.17) is 4.74 Å². The number of hydrogen-bond acceptors (Lipinski definition) is 6. The summed E-state index contributed by atoms with van der Waals surface area (Å²) in [7, 11) is 2.68. The number of esters is 1. The number of nitrogens with zero attached hydrogens (tertiary/aromatic N) is 1. The number of imide groups is 1. The van der Waals surface area contributed by atoms with E-state index in [0.29, 0.717) is 17.7 Å². The van der Waals surface area contributed by atoms with Crippen LogP contribution in [0.25, 0.3) is 0 Å². The van der Waals surface area contributed by atoms with Gasteiger partial charge in [-0.25, -0.2) is 4.39 Å². The highest BCUT2D eigenvalue weighted by Crippen LogP contribution is 2.50. The van der Waals surface area contributed by atoms with Crippen LogP contribution in [-0.2, 0) is 19.1 Å². The minimum absolute atomic E-state index is 0.334. The number of amides is 2. The van der Waals surface area contributed by atoms with Crippen molar-refractivity contribution in [2.24, 2.45) is 11.8 Å². The number of carbonyl (C=O) groups excluding carboxylic acids is 3. The van der Waals surface area contributed by atoms with Gasteiger partial charge >= 0.3 is 5.97 Å². The van der Waals surface area contributed by atoms with Crippen molar-refractivity contribution in [1.29, 1.82) is 0 Å². The van der Waals surface area contributed by atoms with Crippen molar-refractivity contribution in [3.8, 4) is 0 Å². The quantitative estimate of drug-likeness (QED) is 0.614. The molecule has 140 valence electrons. The van der Waals surface area contributed by atoms with Gasteiger partial charge in [-0.3, -0.25) is 24.6 Å². The number of nitrogens with one attached hydrogen (secondary N) is 1. The summed E-state index contributed by atoms with van der Waals surface area (Å²) in [4.78, 5) is 39.4. The molecule has 8 heteroatoms. The van der Waals surface area contributed by atoms with Crippen molar-refractivity contribution in [3.63, 3.8) is 0 Å². The minimum atomic E-state index is -1.31. The predicted octanol–water partition coefficient (Wildman–Crippen LogP) is 1.37. The van der Waals surface area contributed by atoms with Crippen molar-refractivity contribution >= 4 is 29.5 Å². The summed E-state index contributed by atoms with van der Waals surface area (Å²) < 4.78 is 18.8. The van der Waals surface area contributed by atoms with Crippen LogP contribution in [0.5, 0.6) is 0 Å². The lowest BCUT2D eigenvalue weighted by atomic mass is 9.78. The van der Waals surface area contributed by atoms with Crippen LogP contribution >= 0.6 is 11.8 Å². The molecule has 0 spiro atoms. The first-order valence-corrected chi connectivity index (χ1v) is 9.68. The molecule has 0 radical (unpaired) electrons. The van der Waals surface area contributed by atoms with Crippen LogP contribution in [0.3, 0.4) is 0 Å². The van der Waals surface area contributed by atoms with Crippen molar-refractivity contribution < 1.29 is 23.5 Å². The fourth-order valence-electron chi connectivity index (χ4n) is 4.10. The third-order valence-electron chi connectivity index (χ3n) is 5.33. The number of ether oxygens (including phenoxy) is 1. The molecule has 2 amide bonds. The average molecular weight is 380 g/mol. The molecule has 2 fully saturated rings. The molecule has 0 saturated carbocycles. The van der Waals surface area contributed by atoms with Gasteiger partial charge in [-0.2, -0.15) is 11.8 Å². The second kappa shape index (κ2) is 7.00. The monoisotopic (exact) mass is 380 g/mol. The van der Waals surface area contributed by atoms with Gasteiger partial charge in [0.15, 0.2) is 0 Å². The number of carbonyl (C=O) groups is 3. The van der Waals surface area contributed by atoms with Gasteiger partial charge in [-0.05, 0) is 36.1 Å². The Balaban J connectivity index is 2.13. The molecule has 4 atom stereocenters. The van der Waals surface area contributed by atoms with E-state index in [1.54, 1.807) is 12.1 Å². The number of hydrogen-bond donors (Lipinski definition) is 1. The summed E-state index contributed by atoms with van der Waals surface area (Å²) in [6.07, 6.45) is 2.23. The van der Waals surface area contributed by atoms with E-state index in [-0.39, 0.29) is 5.91 Å². The van der Waals surface area contributed by atoms with Crippen LogP contribution < -0.4 is 5.32 Å². The van der Waals surface area contributed by atoms with Gasteiger partial charge in [-0.1, -0.05) is 12.1 Å². The van der Waals surface area contributed by atoms with Gasteiger partial charge in [0.25, 0.3) is 0 Å². The minimum Gasteiger partial charge on any atom is -0.468 e. The van der Waals surface area contributed by atoms with E-state index >= 15 is 0 Å². The van der Waals surface area contributed by atoms with Gasteiger partial charge < -0.3 is 4.74 Å². The summed E-state index contributed by atoms with van der Waals surface area (Å²) in [6.45, 7) is 0. The highest BCUT2D eigenvalue weighted by Gasteiger charge is 2.67. The van der Waals surface area contributed by atoms with Crippen LogP contribution in [0.15, 0.2) is 24.3 Å². The molecule has 2 aliphatic heterocycles. The standard InChI is InChI=1S/C18H21FN2O4S/c1-21-15(22)12-13(16(21)23)18(7-8-26-3,17(24)25-2)20-14(12)10-5-4-6-11(19)9-10/h4-6,9,12-14,20H,7-8H2,1-3H3/t12-,13-,14+,18+/m0/s1. The maximum Gasteiger partial charge on any atom is 0.326 e. The molecule has 0 aromatic heterocycles. The molecule has 1 N–H and O–H groups in total. The van der Waals surface area contributed by atoms with Gasteiger partial charge in [0.05, 0.1) is 18.9 Å². The zero-order chi connectivity index (χ0) is 19.1. The Morgan fingerprint density at radius 3 is 2.73 bits per heavy atom. The number of benzene rings is 1. The molecule has 0 bridgehead atoms. The van der Waals surface area contributed by atoms with E-state index in [0.717, 1.165) is 4.90 Å². The van der Waals surface area contributed by atoms with Gasteiger partial charge in [0.1, 0.15) is 11.4 Å². The number of fused-ring (bicyclic) bond motifs is 1. The van der Waals surface area contributed by atoms with E-state index < -0.39 is 41.1 Å². The number of thioether (sulfide) groups is 1. The molecule has 1 aromatic rings. The Labute approximate surface area is 155 Å². The molecular weight excluding hydrogens is 359 g/mol. The maximum atomic E-state index is 13.7. The number of rotatable bonds is 5. The largest absolute Gasteiger partial charge is 0.468 e. The first-order valence-electron chi connectivity index (χ1n) is 8.29. The first-order chi connectivity index (χ1) is 12.4. The van der Waals surface area contributed by atoms with Crippen LogP contribution in [0.1, 0.15) is 18.0 Å². The van der Waals surface area contributed by atoms with Crippen molar-refractivity contribution in [3.05, 3.63) is 35.6 Å². The first kappa shape index (κ1) is 18.8. The van der Waals surface area contributed by atoms with Crippen molar-refractivity contribution in [2.45, 2.75) is 18.0 Å². The molecule has 26 heavy (non-hydrogen) atoms. The van der Waals surface area contributed by atoms with E-state index in [1.165, 1.54) is 38.1 Å². The molecule has 2 heterocycles. The maximum absolute atomic E-state index is 13.7. The molecule has 2 aliphatic rings. The predicted molar refractivity (Wildman–Crippen MR) is 94.8 cm³/mol. The summed E-state index contributed by atoms with van der Waals surface area (Å²) >= 11 is 1.53. The Bertz CT molecular complexity index is 758. The SMILES string of the molecule is COC(=O)[C@]1(CCSC)N[C@H](c2cccc(F)c2)[C@H]2C(=O)N(C)C(=O)[C@H]21. The molecular formula is C18H21FN2O4S. The molecule has 2 saturated heterocycles. The number of methoxy groups -OCH3 is 1. The van der Waals surface area contributed by atoms with Gasteiger partial charge in [0.2, 0.25) is 11.8 Å². The summed E-state index contributed by atoms with van der Waals surface area (Å²) in [6, 6.07) is 5.23. The smallest absolute Gasteiger partial charge is 0.326 e. The average Bonchev–Trinajstić information content (AvgIpc) is 3.10. The second-order valence-corrected chi connectivity index (χ2v) is 7.61. The number of likely N-dealkylation sites (tertiary alicyclic amines) is 1. The second-order valence-electron chi connectivity index (χ2n) is 6.62. The van der Waals surface area contributed by atoms with Gasteiger partial charge in [0, 0.05) is 13.1 Å². The summed E-state index contributed by atoms with van der Waals surface area (Å²) in [5, 5.41) is 3.19. The Morgan fingerprint density at radius 1 is 1.38 bits per heavy atom. The topological polar surface area (TPSA) is 75.7 Å². The summed E-state index contributed by atoms with van der Waals surface area (Å²) in [5.74, 6) is -2.81. The molecule has 6 nitrogen and oxygen atoms in total. The number of halogens is 1. The van der Waals surface area contributed by atoms with Gasteiger partial charge in [-0.15, -0.1) is 0 Å². The van der Waals surface area contributed by atoms with E-state index in [2.05, 4.69) is 5.32 Å². The molecule has 0 aliphatic carbocycles. The normalized spacial score (nSPS) is 30.6.